The van der Waals surface area contributed by atoms with E-state index in [-0.39, 0.29) is 0 Å². The summed E-state index contributed by atoms with van der Waals surface area (Å²) in [6, 6.07) is 10.6. The highest BCUT2D eigenvalue weighted by Crippen LogP contribution is 2.32. The number of carbonyl (C=O) groups excluding carboxylic acids is 1. The molecule has 0 aromatic heterocycles. The van der Waals surface area contributed by atoms with Crippen molar-refractivity contribution in [2.45, 2.75) is 26.2 Å². The summed E-state index contributed by atoms with van der Waals surface area (Å²) < 4.78 is 5.23. The van der Waals surface area contributed by atoms with Crippen LogP contribution < -0.4 is 0 Å². The summed E-state index contributed by atoms with van der Waals surface area (Å²) in [7, 11) is 1.70. The van der Waals surface area contributed by atoms with Crippen molar-refractivity contribution in [1.29, 1.82) is 0 Å². The van der Waals surface area contributed by atoms with E-state index < -0.39 is 0 Å². The van der Waals surface area contributed by atoms with Crippen LogP contribution in [-0.2, 0) is 4.42 Å². The number of hydrogen-bond acceptors (Lipinski definition) is 0. The van der Waals surface area contributed by atoms with Crippen molar-refractivity contribution in [3.05, 3.63) is 88.6 Å². The second-order valence-corrected chi connectivity index (χ2v) is 6.00. The van der Waals surface area contributed by atoms with E-state index in [0.29, 0.717) is 0 Å². The molecule has 3 rings (SSSR count). The van der Waals surface area contributed by atoms with Gasteiger partial charge >= 0.3 is 5.78 Å². The molecule has 0 N–H and O–H groups in total. The molecule has 23 heavy (non-hydrogen) atoms. The number of ketones is 1. The number of allylic oxidation sites excluding steroid dienone is 9. The molecule has 0 unspecified atom stereocenters. The van der Waals surface area contributed by atoms with Crippen LogP contribution in [0, 0.1) is 0 Å². The second kappa shape index (κ2) is 7.23. The molecule has 2 aliphatic carbocycles. The van der Waals surface area contributed by atoms with Gasteiger partial charge in [-0.3, -0.25) is 4.42 Å². The lowest BCUT2D eigenvalue weighted by Crippen LogP contribution is -2.01. The molecule has 0 atom stereocenters. The first-order valence-electron chi connectivity index (χ1n) is 8.21. The molecule has 0 heterocycles. The van der Waals surface area contributed by atoms with Crippen LogP contribution in [0.1, 0.15) is 31.7 Å². The summed E-state index contributed by atoms with van der Waals surface area (Å²) in [4.78, 5) is 0. The van der Waals surface area contributed by atoms with Crippen LogP contribution in [-0.4, -0.2) is 12.9 Å². The maximum atomic E-state index is 5.23. The fourth-order valence-corrected chi connectivity index (χ4v) is 3.06. The summed E-state index contributed by atoms with van der Waals surface area (Å²) in [5.74, 6) is 0.904. The van der Waals surface area contributed by atoms with Gasteiger partial charge in [0.2, 0.25) is 0 Å². The van der Waals surface area contributed by atoms with Crippen molar-refractivity contribution in [2.24, 2.45) is 0 Å². The van der Waals surface area contributed by atoms with E-state index >= 15 is 0 Å². The van der Waals surface area contributed by atoms with E-state index in [9.17, 15) is 0 Å². The fourth-order valence-electron chi connectivity index (χ4n) is 3.06. The summed E-state index contributed by atoms with van der Waals surface area (Å²) >= 11 is 0. The Kier molecular flexibility index (Phi) is 4.87. The van der Waals surface area contributed by atoms with E-state index in [1.54, 1.807) is 7.11 Å². The first-order valence-corrected chi connectivity index (χ1v) is 8.21. The Bertz CT molecular complexity index is 734. The van der Waals surface area contributed by atoms with E-state index in [1.165, 1.54) is 40.7 Å². The maximum absolute atomic E-state index is 5.23. The van der Waals surface area contributed by atoms with Gasteiger partial charge in [0.25, 0.3) is 7.11 Å². The van der Waals surface area contributed by atoms with Crippen molar-refractivity contribution in [3.8, 4) is 0 Å². The third-order valence-corrected chi connectivity index (χ3v) is 4.45. The molecular formula is C22H23O+. The number of benzene rings is 1. The Balaban J connectivity index is 1.89. The van der Waals surface area contributed by atoms with Gasteiger partial charge in [-0.05, 0) is 66.2 Å². The van der Waals surface area contributed by atoms with Gasteiger partial charge in [-0.15, -0.1) is 0 Å². The number of hydrogen-bond donors (Lipinski definition) is 0. The Labute approximate surface area is 138 Å². The zero-order chi connectivity index (χ0) is 16.1. The van der Waals surface area contributed by atoms with Crippen LogP contribution >= 0.6 is 0 Å². The lowest BCUT2D eigenvalue weighted by Gasteiger charge is -2.19. The first kappa shape index (κ1) is 15.5. The Morgan fingerprint density at radius 1 is 0.913 bits per heavy atom. The molecule has 1 heteroatoms. The minimum Gasteiger partial charge on any atom is -0.258 e. The highest BCUT2D eigenvalue weighted by Gasteiger charge is 2.13. The molecule has 0 saturated heterocycles. The second-order valence-electron chi connectivity index (χ2n) is 6.00. The predicted molar refractivity (Wildman–Crippen MR) is 98.3 cm³/mol. The minimum absolute atomic E-state index is 0.904. The highest BCUT2D eigenvalue weighted by atomic mass is 16.4. The average Bonchev–Trinajstić information content (AvgIpc) is 2.60. The molecule has 0 spiro atoms. The van der Waals surface area contributed by atoms with E-state index in [2.05, 4.69) is 61.6 Å². The van der Waals surface area contributed by atoms with Gasteiger partial charge in [-0.2, -0.15) is 0 Å². The molecule has 1 nitrogen and oxygen atoms in total. The summed E-state index contributed by atoms with van der Waals surface area (Å²) in [5, 5.41) is 0. The zero-order valence-electron chi connectivity index (χ0n) is 13.9. The van der Waals surface area contributed by atoms with Crippen LogP contribution in [0.5, 0.6) is 0 Å². The Morgan fingerprint density at radius 2 is 1.65 bits per heavy atom. The first-order chi connectivity index (χ1) is 11.3. The van der Waals surface area contributed by atoms with E-state index in [4.69, 9.17) is 4.42 Å². The minimum atomic E-state index is 0.904. The predicted octanol–water partition coefficient (Wildman–Crippen LogP) is 5.36. The standard InChI is InChI=1S/C22H23O/c1-17-20(15-18-7-4-3-5-8-18)9-6-10-21(17)16-19-11-13-22(23-2)14-12-19/h3-5,7-8,11-16H,6,9-10H2,1-2H3/q+1/b20-15+. The smallest absolute Gasteiger partial charge is 0.258 e. The molecule has 116 valence electrons. The van der Waals surface area contributed by atoms with E-state index in [0.717, 1.165) is 12.2 Å². The lowest BCUT2D eigenvalue weighted by atomic mass is 9.86. The van der Waals surface area contributed by atoms with Gasteiger partial charge in [0.05, 0.1) is 0 Å². The molecule has 1 aromatic carbocycles. The lowest BCUT2D eigenvalue weighted by molar-refractivity contribution is -0.417. The monoisotopic (exact) mass is 303 g/mol. The van der Waals surface area contributed by atoms with Crippen LogP contribution in [0.15, 0.2) is 83.0 Å². The Morgan fingerprint density at radius 3 is 2.35 bits per heavy atom. The summed E-state index contributed by atoms with van der Waals surface area (Å²) in [6.45, 7) is 2.25. The van der Waals surface area contributed by atoms with Crippen LogP contribution in [0.25, 0.3) is 6.08 Å². The molecule has 0 saturated carbocycles. The van der Waals surface area contributed by atoms with Crippen molar-refractivity contribution in [2.75, 3.05) is 7.11 Å². The molecule has 0 radical (unpaired) electrons. The summed E-state index contributed by atoms with van der Waals surface area (Å²) in [6.07, 6.45) is 16.5. The molecule has 0 aliphatic heterocycles. The fraction of sp³-hybridized carbons (Fsp3) is 0.227. The topological polar surface area (TPSA) is 11.3 Å². The van der Waals surface area contributed by atoms with Crippen LogP contribution in [0.4, 0.5) is 0 Å². The third kappa shape index (κ3) is 3.87. The van der Waals surface area contributed by atoms with Crippen LogP contribution in [0.3, 0.4) is 0 Å². The molecule has 0 fully saturated rings. The molecule has 1 aromatic rings. The van der Waals surface area contributed by atoms with Crippen molar-refractivity contribution < 1.29 is 4.42 Å². The third-order valence-electron chi connectivity index (χ3n) is 4.45. The van der Waals surface area contributed by atoms with Crippen molar-refractivity contribution in [1.82, 2.24) is 0 Å². The number of rotatable bonds is 2. The molecule has 0 bridgehead atoms. The van der Waals surface area contributed by atoms with E-state index in [1.807, 2.05) is 12.2 Å². The van der Waals surface area contributed by atoms with Gasteiger partial charge in [0, 0.05) is 12.2 Å². The highest BCUT2D eigenvalue weighted by molar-refractivity contribution is 6.01. The van der Waals surface area contributed by atoms with Gasteiger partial charge in [-0.1, -0.05) is 42.5 Å². The van der Waals surface area contributed by atoms with Gasteiger partial charge in [-0.25, -0.2) is 0 Å². The molecule has 0 amide bonds. The normalized spacial score (nSPS) is 19.5. The Hall–Kier alpha value is -2.41. The van der Waals surface area contributed by atoms with Gasteiger partial charge < -0.3 is 0 Å². The quantitative estimate of drug-likeness (QED) is 0.652. The van der Waals surface area contributed by atoms with Crippen molar-refractivity contribution in [3.63, 3.8) is 0 Å². The largest absolute Gasteiger partial charge is 0.343 e. The van der Waals surface area contributed by atoms with Gasteiger partial charge in [0.15, 0.2) is 0 Å². The van der Waals surface area contributed by atoms with Gasteiger partial charge in [0.1, 0.15) is 0 Å². The van der Waals surface area contributed by atoms with Crippen molar-refractivity contribution >= 4 is 11.9 Å². The molecule has 2 aliphatic rings. The average molecular weight is 303 g/mol. The maximum Gasteiger partial charge on any atom is 0.343 e. The summed E-state index contributed by atoms with van der Waals surface area (Å²) in [5.41, 5.74) is 6.86. The zero-order valence-corrected chi connectivity index (χ0v) is 13.9. The SMILES string of the molecule is C[O+]=C1C=CC(=CC2=C(C)/C(=C/c3ccccc3)CCC2)C=C1. The van der Waals surface area contributed by atoms with Crippen LogP contribution in [0.2, 0.25) is 0 Å². The molecular weight excluding hydrogens is 280 g/mol.